The van der Waals surface area contributed by atoms with E-state index in [1.807, 2.05) is 13.1 Å². The number of aromatic amines is 1. The van der Waals surface area contributed by atoms with Crippen molar-refractivity contribution in [1.29, 1.82) is 0 Å². The number of amides is 3. The highest BCUT2D eigenvalue weighted by Gasteiger charge is 2.21. The Labute approximate surface area is 124 Å². The van der Waals surface area contributed by atoms with Gasteiger partial charge < -0.3 is 15.1 Å². The van der Waals surface area contributed by atoms with Gasteiger partial charge in [0, 0.05) is 45.3 Å². The normalized spacial score (nSPS) is 15.1. The summed E-state index contributed by atoms with van der Waals surface area (Å²) in [6.45, 7) is 6.66. The molecule has 0 bridgehead atoms. The highest BCUT2D eigenvalue weighted by molar-refractivity contribution is 5.76. The predicted octanol–water partition coefficient (Wildman–Crippen LogP) is 0.524. The van der Waals surface area contributed by atoms with E-state index in [9.17, 15) is 9.59 Å². The lowest BCUT2D eigenvalue weighted by molar-refractivity contribution is -0.130. The summed E-state index contributed by atoms with van der Waals surface area (Å²) in [5.41, 5.74) is 2.28. The van der Waals surface area contributed by atoms with Gasteiger partial charge in [0.15, 0.2) is 0 Å². The van der Waals surface area contributed by atoms with E-state index >= 15 is 0 Å². The highest BCUT2D eigenvalue weighted by Crippen LogP contribution is 2.06. The van der Waals surface area contributed by atoms with Crippen LogP contribution in [0.4, 0.5) is 4.79 Å². The van der Waals surface area contributed by atoms with Gasteiger partial charge in [-0.3, -0.25) is 9.89 Å². The number of H-pyrrole nitrogens is 1. The van der Waals surface area contributed by atoms with Crippen LogP contribution in [0.2, 0.25) is 0 Å². The third-order valence-corrected chi connectivity index (χ3v) is 3.85. The monoisotopic (exact) mass is 293 g/mol. The quantitative estimate of drug-likeness (QED) is 0.794. The first kappa shape index (κ1) is 15.3. The standard InChI is InChI=1S/C14H23N5O2/c1-11-13(10-16-17-11)4-3-5-15-14(21)19-8-6-18(7-9-19)12(2)20/h10H,3-9H2,1-2H3,(H,15,21)(H,16,17). The maximum atomic E-state index is 12.0. The maximum absolute atomic E-state index is 12.0. The third-order valence-electron chi connectivity index (χ3n) is 3.85. The van der Waals surface area contributed by atoms with E-state index in [4.69, 9.17) is 0 Å². The number of carbonyl (C=O) groups excluding carboxylic acids is 2. The number of hydrogen-bond donors (Lipinski definition) is 2. The van der Waals surface area contributed by atoms with Gasteiger partial charge in [0.1, 0.15) is 0 Å². The molecule has 1 aromatic rings. The first-order valence-electron chi connectivity index (χ1n) is 7.35. The zero-order valence-electron chi connectivity index (χ0n) is 12.7. The minimum Gasteiger partial charge on any atom is -0.339 e. The molecule has 0 aliphatic carbocycles. The van der Waals surface area contributed by atoms with Crippen LogP contribution in [-0.4, -0.2) is 64.7 Å². The van der Waals surface area contributed by atoms with Crippen LogP contribution in [0, 0.1) is 6.92 Å². The number of hydrogen-bond acceptors (Lipinski definition) is 3. The molecule has 7 heteroatoms. The Bertz CT molecular complexity index is 491. The molecule has 2 heterocycles. The first-order valence-corrected chi connectivity index (χ1v) is 7.35. The summed E-state index contributed by atoms with van der Waals surface area (Å²) < 4.78 is 0. The highest BCUT2D eigenvalue weighted by atomic mass is 16.2. The fraction of sp³-hybridized carbons (Fsp3) is 0.643. The molecule has 1 saturated heterocycles. The minimum atomic E-state index is -0.0397. The van der Waals surface area contributed by atoms with E-state index in [1.165, 1.54) is 5.56 Å². The molecule has 1 fully saturated rings. The summed E-state index contributed by atoms with van der Waals surface area (Å²) in [5.74, 6) is 0.0746. The lowest BCUT2D eigenvalue weighted by Crippen LogP contribution is -2.52. The number of aryl methyl sites for hydroxylation is 2. The molecule has 1 aliphatic heterocycles. The number of aromatic nitrogens is 2. The molecular formula is C14H23N5O2. The van der Waals surface area contributed by atoms with Gasteiger partial charge in [-0.15, -0.1) is 0 Å². The van der Waals surface area contributed by atoms with Crippen LogP contribution in [0.1, 0.15) is 24.6 Å². The second kappa shape index (κ2) is 7.10. The first-order chi connectivity index (χ1) is 10.1. The van der Waals surface area contributed by atoms with E-state index in [2.05, 4.69) is 15.5 Å². The molecule has 7 nitrogen and oxygen atoms in total. The van der Waals surface area contributed by atoms with Crippen molar-refractivity contribution in [3.8, 4) is 0 Å². The summed E-state index contributed by atoms with van der Waals surface area (Å²) in [4.78, 5) is 26.8. The molecule has 0 saturated carbocycles. The van der Waals surface area contributed by atoms with Gasteiger partial charge in [0.2, 0.25) is 5.91 Å². The topological polar surface area (TPSA) is 81.3 Å². The average molecular weight is 293 g/mol. The van der Waals surface area contributed by atoms with Gasteiger partial charge in [-0.05, 0) is 25.3 Å². The smallest absolute Gasteiger partial charge is 0.317 e. The van der Waals surface area contributed by atoms with Crippen molar-refractivity contribution in [2.45, 2.75) is 26.7 Å². The summed E-state index contributed by atoms with van der Waals surface area (Å²) in [6, 6.07) is -0.0397. The molecule has 0 aromatic carbocycles. The van der Waals surface area contributed by atoms with Crippen molar-refractivity contribution in [1.82, 2.24) is 25.3 Å². The van der Waals surface area contributed by atoms with Crippen molar-refractivity contribution in [3.63, 3.8) is 0 Å². The minimum absolute atomic E-state index is 0.0397. The van der Waals surface area contributed by atoms with Crippen LogP contribution in [0.25, 0.3) is 0 Å². The molecule has 2 N–H and O–H groups in total. The molecule has 3 amide bonds. The van der Waals surface area contributed by atoms with Gasteiger partial charge in [0.25, 0.3) is 0 Å². The van der Waals surface area contributed by atoms with Crippen molar-refractivity contribution in [2.24, 2.45) is 0 Å². The summed E-state index contributed by atoms with van der Waals surface area (Å²) in [7, 11) is 0. The second-order valence-electron chi connectivity index (χ2n) is 5.35. The van der Waals surface area contributed by atoms with Gasteiger partial charge >= 0.3 is 6.03 Å². The average Bonchev–Trinajstić information content (AvgIpc) is 2.89. The maximum Gasteiger partial charge on any atom is 0.317 e. The molecule has 0 radical (unpaired) electrons. The summed E-state index contributed by atoms with van der Waals surface area (Å²) >= 11 is 0. The molecule has 0 unspecified atom stereocenters. The van der Waals surface area contributed by atoms with E-state index < -0.39 is 0 Å². The molecule has 0 atom stereocenters. The number of nitrogens with one attached hydrogen (secondary N) is 2. The molecule has 1 aromatic heterocycles. The molecule has 1 aliphatic rings. The Balaban J connectivity index is 1.64. The number of rotatable bonds is 4. The van der Waals surface area contributed by atoms with Gasteiger partial charge in [-0.2, -0.15) is 5.10 Å². The van der Waals surface area contributed by atoms with Crippen LogP contribution in [0.5, 0.6) is 0 Å². The number of nitrogens with zero attached hydrogens (tertiary/aromatic N) is 3. The number of carbonyl (C=O) groups is 2. The number of urea groups is 1. The van der Waals surface area contributed by atoms with Crippen LogP contribution < -0.4 is 5.32 Å². The lowest BCUT2D eigenvalue weighted by atomic mass is 10.1. The van der Waals surface area contributed by atoms with Gasteiger partial charge in [-0.1, -0.05) is 0 Å². The van der Waals surface area contributed by atoms with Crippen molar-refractivity contribution in [3.05, 3.63) is 17.5 Å². The fourth-order valence-electron chi connectivity index (χ4n) is 2.44. The zero-order valence-corrected chi connectivity index (χ0v) is 12.7. The van der Waals surface area contributed by atoms with Crippen molar-refractivity contribution < 1.29 is 9.59 Å². The van der Waals surface area contributed by atoms with Crippen LogP contribution in [0.15, 0.2) is 6.20 Å². The van der Waals surface area contributed by atoms with Crippen molar-refractivity contribution >= 4 is 11.9 Å². The van der Waals surface area contributed by atoms with E-state index in [1.54, 1.807) is 16.7 Å². The Kier molecular flexibility index (Phi) is 5.19. The van der Waals surface area contributed by atoms with E-state index in [-0.39, 0.29) is 11.9 Å². The van der Waals surface area contributed by atoms with Crippen LogP contribution in [-0.2, 0) is 11.2 Å². The predicted molar refractivity (Wildman–Crippen MR) is 78.9 cm³/mol. The largest absolute Gasteiger partial charge is 0.339 e. The lowest BCUT2D eigenvalue weighted by Gasteiger charge is -2.34. The van der Waals surface area contributed by atoms with Crippen LogP contribution >= 0.6 is 0 Å². The SMILES string of the molecule is CC(=O)N1CCN(C(=O)NCCCc2cn[nH]c2C)CC1. The molecule has 0 spiro atoms. The Morgan fingerprint density at radius 3 is 2.52 bits per heavy atom. The van der Waals surface area contributed by atoms with Gasteiger partial charge in [0.05, 0.1) is 6.20 Å². The second-order valence-corrected chi connectivity index (χ2v) is 5.35. The molecule has 2 rings (SSSR count). The van der Waals surface area contributed by atoms with E-state index in [0.717, 1.165) is 18.5 Å². The Morgan fingerprint density at radius 2 is 1.95 bits per heavy atom. The van der Waals surface area contributed by atoms with E-state index in [0.29, 0.717) is 32.7 Å². The third kappa shape index (κ3) is 4.21. The summed E-state index contributed by atoms with van der Waals surface area (Å²) in [5, 5.41) is 9.81. The fourth-order valence-corrected chi connectivity index (χ4v) is 2.44. The summed E-state index contributed by atoms with van der Waals surface area (Å²) in [6.07, 6.45) is 3.62. The number of piperazine rings is 1. The Morgan fingerprint density at radius 1 is 1.29 bits per heavy atom. The molecule has 21 heavy (non-hydrogen) atoms. The molecule has 116 valence electrons. The Hall–Kier alpha value is -2.05. The van der Waals surface area contributed by atoms with Crippen molar-refractivity contribution in [2.75, 3.05) is 32.7 Å². The molecular weight excluding hydrogens is 270 g/mol. The zero-order chi connectivity index (χ0) is 15.2. The van der Waals surface area contributed by atoms with Gasteiger partial charge in [-0.25, -0.2) is 4.79 Å². The van der Waals surface area contributed by atoms with Crippen LogP contribution in [0.3, 0.4) is 0 Å².